The molecule has 2 aliphatic carbocycles. The van der Waals surface area contributed by atoms with Crippen LogP contribution >= 0.6 is 11.8 Å². The number of rotatable bonds is 1. The third-order valence-electron chi connectivity index (χ3n) is 3.86. The smallest absolute Gasteiger partial charge is 0.210 e. The SMILES string of the molecule is C1CCC2Sc3nnc(C4CC4)n3NC2C1. The summed E-state index contributed by atoms with van der Waals surface area (Å²) in [6.07, 6.45) is 7.95. The van der Waals surface area contributed by atoms with Crippen molar-refractivity contribution in [1.29, 1.82) is 0 Å². The van der Waals surface area contributed by atoms with Gasteiger partial charge in [-0.2, -0.15) is 0 Å². The fraction of sp³-hybridized carbons (Fsp3) is 0.818. The first-order valence-corrected chi connectivity index (χ1v) is 7.18. The second-order valence-electron chi connectivity index (χ2n) is 5.13. The fourth-order valence-corrected chi connectivity index (χ4v) is 4.03. The average molecular weight is 236 g/mol. The van der Waals surface area contributed by atoms with Crippen molar-refractivity contribution in [3.05, 3.63) is 5.82 Å². The lowest BCUT2D eigenvalue weighted by Gasteiger charge is -2.36. The van der Waals surface area contributed by atoms with Crippen LogP contribution in [0, 0.1) is 0 Å². The molecule has 0 spiro atoms. The molecule has 0 radical (unpaired) electrons. The summed E-state index contributed by atoms with van der Waals surface area (Å²) >= 11 is 1.93. The lowest BCUT2D eigenvalue weighted by molar-refractivity contribution is 0.428. The molecule has 1 aromatic rings. The maximum atomic E-state index is 4.35. The van der Waals surface area contributed by atoms with Crippen LogP contribution in [0.4, 0.5) is 0 Å². The van der Waals surface area contributed by atoms with Gasteiger partial charge in [-0.15, -0.1) is 10.2 Å². The van der Waals surface area contributed by atoms with Gasteiger partial charge in [-0.25, -0.2) is 4.68 Å². The normalized spacial score (nSPS) is 32.8. The third-order valence-corrected chi connectivity index (χ3v) is 5.20. The van der Waals surface area contributed by atoms with Crippen LogP contribution in [0.2, 0.25) is 0 Å². The molecule has 1 aromatic heterocycles. The topological polar surface area (TPSA) is 42.7 Å². The highest BCUT2D eigenvalue weighted by Gasteiger charge is 2.37. The molecule has 4 rings (SSSR count). The van der Waals surface area contributed by atoms with Crippen LogP contribution in [0.15, 0.2) is 5.16 Å². The Labute approximate surface area is 99.2 Å². The van der Waals surface area contributed by atoms with Gasteiger partial charge in [-0.3, -0.25) is 0 Å². The van der Waals surface area contributed by atoms with Crippen LogP contribution in [0.3, 0.4) is 0 Å². The van der Waals surface area contributed by atoms with Crippen LogP contribution in [-0.2, 0) is 0 Å². The molecule has 0 bridgehead atoms. The molecule has 2 saturated carbocycles. The Morgan fingerprint density at radius 3 is 2.88 bits per heavy atom. The highest BCUT2D eigenvalue weighted by Crippen LogP contribution is 2.43. The van der Waals surface area contributed by atoms with Crippen molar-refractivity contribution in [2.45, 2.75) is 60.9 Å². The van der Waals surface area contributed by atoms with E-state index in [2.05, 4.69) is 20.3 Å². The standard InChI is InChI=1S/C11H16N4S/c1-2-4-9-8(3-1)14-15-10(7-5-6-7)12-13-11(15)16-9/h7-9,14H,1-6H2. The highest BCUT2D eigenvalue weighted by atomic mass is 32.2. The summed E-state index contributed by atoms with van der Waals surface area (Å²) in [5.41, 5.74) is 3.64. The van der Waals surface area contributed by atoms with Gasteiger partial charge in [0.1, 0.15) is 0 Å². The summed E-state index contributed by atoms with van der Waals surface area (Å²) < 4.78 is 2.18. The number of aromatic nitrogens is 3. The van der Waals surface area contributed by atoms with Gasteiger partial charge >= 0.3 is 0 Å². The number of thioether (sulfide) groups is 1. The summed E-state index contributed by atoms with van der Waals surface area (Å²) in [7, 11) is 0. The maximum absolute atomic E-state index is 4.35. The minimum atomic E-state index is 0.639. The van der Waals surface area contributed by atoms with E-state index < -0.39 is 0 Å². The molecular formula is C11H16N4S. The Bertz CT molecular complexity index is 412. The molecule has 5 heteroatoms. The van der Waals surface area contributed by atoms with Crippen molar-refractivity contribution < 1.29 is 0 Å². The van der Waals surface area contributed by atoms with E-state index in [0.29, 0.717) is 12.0 Å². The first kappa shape index (κ1) is 9.33. The largest absolute Gasteiger partial charge is 0.318 e. The van der Waals surface area contributed by atoms with E-state index >= 15 is 0 Å². The Kier molecular flexibility index (Phi) is 1.98. The van der Waals surface area contributed by atoms with Crippen LogP contribution in [0.25, 0.3) is 0 Å². The summed E-state index contributed by atoms with van der Waals surface area (Å²) in [5, 5.41) is 10.5. The van der Waals surface area contributed by atoms with Crippen molar-refractivity contribution >= 4 is 11.8 Å². The number of hydrogen-bond donors (Lipinski definition) is 1. The lowest BCUT2D eigenvalue weighted by atomic mass is 9.95. The van der Waals surface area contributed by atoms with Gasteiger partial charge < -0.3 is 5.43 Å². The molecule has 1 aliphatic heterocycles. The number of nitrogens with zero attached hydrogens (tertiary/aromatic N) is 3. The molecule has 0 saturated heterocycles. The Hall–Kier alpha value is -0.710. The van der Waals surface area contributed by atoms with Gasteiger partial charge in [-0.05, 0) is 25.7 Å². The summed E-state index contributed by atoms with van der Waals surface area (Å²) in [5.74, 6) is 1.85. The van der Waals surface area contributed by atoms with E-state index in [1.807, 2.05) is 11.8 Å². The molecule has 4 nitrogen and oxygen atoms in total. The monoisotopic (exact) mass is 236 g/mol. The lowest BCUT2D eigenvalue weighted by Crippen LogP contribution is -2.43. The minimum Gasteiger partial charge on any atom is -0.318 e. The van der Waals surface area contributed by atoms with Crippen LogP contribution in [0.1, 0.15) is 50.3 Å². The minimum absolute atomic E-state index is 0.639. The van der Waals surface area contributed by atoms with Crippen molar-refractivity contribution in [1.82, 2.24) is 14.9 Å². The van der Waals surface area contributed by atoms with Crippen molar-refractivity contribution in [2.24, 2.45) is 0 Å². The third kappa shape index (κ3) is 1.37. The second kappa shape index (κ2) is 3.39. The predicted octanol–water partition coefficient (Wildman–Crippen LogP) is 2.12. The summed E-state index contributed by atoms with van der Waals surface area (Å²) in [6, 6.07) is 0.639. The molecule has 3 aliphatic rings. The van der Waals surface area contributed by atoms with E-state index in [1.165, 1.54) is 44.3 Å². The van der Waals surface area contributed by atoms with Crippen molar-refractivity contribution in [3.63, 3.8) is 0 Å². The Morgan fingerprint density at radius 1 is 1.12 bits per heavy atom. The van der Waals surface area contributed by atoms with Gasteiger partial charge in [0.25, 0.3) is 0 Å². The van der Waals surface area contributed by atoms with Gasteiger partial charge in [0.05, 0.1) is 6.04 Å². The number of fused-ring (bicyclic) bond motifs is 2. The van der Waals surface area contributed by atoms with E-state index in [4.69, 9.17) is 0 Å². The first-order valence-electron chi connectivity index (χ1n) is 6.30. The molecular weight excluding hydrogens is 220 g/mol. The second-order valence-corrected chi connectivity index (χ2v) is 6.33. The van der Waals surface area contributed by atoms with Crippen molar-refractivity contribution in [3.8, 4) is 0 Å². The maximum Gasteiger partial charge on any atom is 0.210 e. The van der Waals surface area contributed by atoms with Crippen LogP contribution in [0.5, 0.6) is 0 Å². The molecule has 0 amide bonds. The molecule has 2 fully saturated rings. The van der Waals surface area contributed by atoms with Gasteiger partial charge in [0, 0.05) is 11.2 Å². The van der Waals surface area contributed by atoms with Crippen molar-refractivity contribution in [2.75, 3.05) is 5.43 Å². The van der Waals surface area contributed by atoms with Gasteiger partial charge in [0.2, 0.25) is 5.16 Å². The Morgan fingerprint density at radius 2 is 2.00 bits per heavy atom. The number of hydrogen-bond acceptors (Lipinski definition) is 4. The molecule has 16 heavy (non-hydrogen) atoms. The van der Waals surface area contributed by atoms with Gasteiger partial charge in [0.15, 0.2) is 5.82 Å². The summed E-state index contributed by atoms with van der Waals surface area (Å²) in [6.45, 7) is 0. The molecule has 0 aromatic carbocycles. The van der Waals surface area contributed by atoms with Crippen LogP contribution in [-0.4, -0.2) is 26.2 Å². The number of nitrogens with one attached hydrogen (secondary N) is 1. The molecule has 2 heterocycles. The van der Waals surface area contributed by atoms with Gasteiger partial charge in [-0.1, -0.05) is 24.6 Å². The quantitative estimate of drug-likeness (QED) is 0.811. The van der Waals surface area contributed by atoms with E-state index in [9.17, 15) is 0 Å². The predicted molar refractivity (Wildman–Crippen MR) is 63.3 cm³/mol. The zero-order valence-electron chi connectivity index (χ0n) is 9.22. The van der Waals surface area contributed by atoms with Crippen LogP contribution < -0.4 is 5.43 Å². The summed E-state index contributed by atoms with van der Waals surface area (Å²) in [4.78, 5) is 0. The highest BCUT2D eigenvalue weighted by molar-refractivity contribution is 7.99. The van der Waals surface area contributed by atoms with E-state index in [1.54, 1.807) is 0 Å². The molecule has 1 N–H and O–H groups in total. The molecule has 86 valence electrons. The van der Waals surface area contributed by atoms with E-state index in [0.717, 1.165) is 10.4 Å². The van der Waals surface area contributed by atoms with E-state index in [-0.39, 0.29) is 0 Å². The zero-order chi connectivity index (χ0) is 10.5. The fourth-order valence-electron chi connectivity index (χ4n) is 2.77. The zero-order valence-corrected chi connectivity index (χ0v) is 10.0. The molecule has 2 unspecified atom stereocenters. The molecule has 2 atom stereocenters. The Balaban J connectivity index is 1.68. The first-order chi connectivity index (χ1) is 7.92. The average Bonchev–Trinajstić information content (AvgIpc) is 3.08.